The Labute approximate surface area is 122 Å². The van der Waals surface area contributed by atoms with Crippen molar-refractivity contribution in [2.24, 2.45) is 0 Å². The summed E-state index contributed by atoms with van der Waals surface area (Å²) < 4.78 is 0.914. The molecule has 1 aromatic carbocycles. The van der Waals surface area contributed by atoms with Crippen LogP contribution in [0, 0.1) is 0 Å². The highest BCUT2D eigenvalue weighted by molar-refractivity contribution is 9.10. The van der Waals surface area contributed by atoms with Crippen LogP contribution in [0.4, 0.5) is 5.82 Å². The Kier molecular flexibility index (Phi) is 3.30. The van der Waals surface area contributed by atoms with Crippen LogP contribution in [0.5, 0.6) is 0 Å². The molecule has 0 unspecified atom stereocenters. The number of hydrogen-bond acceptors (Lipinski definition) is 5. The first-order valence-corrected chi connectivity index (χ1v) is 6.49. The number of nitrogens with zero attached hydrogens (tertiary/aromatic N) is 3. The van der Waals surface area contributed by atoms with E-state index in [0.717, 1.165) is 4.47 Å². The monoisotopic (exact) mass is 332 g/mol. The molecule has 0 bridgehead atoms. The molecule has 0 saturated heterocycles. The lowest BCUT2D eigenvalue weighted by atomic mass is 10.2. The summed E-state index contributed by atoms with van der Waals surface area (Å²) in [6.07, 6.45) is 2.89. The van der Waals surface area contributed by atoms with E-state index >= 15 is 0 Å². The van der Waals surface area contributed by atoms with Gasteiger partial charge in [0.1, 0.15) is 11.8 Å². The van der Waals surface area contributed by atoms with Gasteiger partial charge in [0.2, 0.25) is 0 Å². The van der Waals surface area contributed by atoms with E-state index in [1.165, 1.54) is 12.7 Å². The van der Waals surface area contributed by atoms with Crippen molar-refractivity contribution in [3.8, 4) is 0 Å². The molecule has 0 aliphatic carbocycles. The predicted octanol–water partition coefficient (Wildman–Crippen LogP) is 1.87. The van der Waals surface area contributed by atoms with Gasteiger partial charge in [0.05, 0.1) is 6.33 Å². The number of rotatable bonds is 3. The summed E-state index contributed by atoms with van der Waals surface area (Å²) in [5.74, 6) is 0.196. The minimum atomic E-state index is -0.260. The van der Waals surface area contributed by atoms with Crippen LogP contribution < -0.4 is 10.9 Å². The number of carbonyl (C=O) groups is 1. The molecule has 0 aliphatic rings. The van der Waals surface area contributed by atoms with Gasteiger partial charge in [0.15, 0.2) is 11.5 Å². The van der Waals surface area contributed by atoms with Crippen LogP contribution in [0.2, 0.25) is 0 Å². The predicted molar refractivity (Wildman–Crippen MR) is 76.9 cm³/mol. The molecule has 7 nitrogen and oxygen atoms in total. The Bertz CT molecular complexity index is 754. The Hall–Kier alpha value is -2.48. The molecule has 2 heterocycles. The third kappa shape index (κ3) is 2.45. The lowest BCUT2D eigenvalue weighted by Crippen LogP contribution is -2.29. The molecular formula is C12H9BrN6O. The van der Waals surface area contributed by atoms with Gasteiger partial charge in [-0.1, -0.05) is 15.9 Å². The number of hydrazine groups is 1. The zero-order chi connectivity index (χ0) is 13.9. The average Bonchev–Trinajstić information content (AvgIpc) is 2.94. The summed E-state index contributed by atoms with van der Waals surface area (Å²) >= 11 is 3.32. The highest BCUT2D eigenvalue weighted by Gasteiger charge is 2.08. The van der Waals surface area contributed by atoms with Crippen LogP contribution in [0.25, 0.3) is 11.2 Å². The fraction of sp³-hybridized carbons (Fsp3) is 0. The number of nitrogens with one attached hydrogen (secondary N) is 3. The number of hydrogen-bond donors (Lipinski definition) is 3. The summed E-state index contributed by atoms with van der Waals surface area (Å²) in [6.45, 7) is 0. The summed E-state index contributed by atoms with van der Waals surface area (Å²) in [6, 6.07) is 7.03. The molecule has 0 atom stereocenters. The van der Waals surface area contributed by atoms with Crippen molar-refractivity contribution < 1.29 is 4.79 Å². The molecule has 8 heteroatoms. The van der Waals surface area contributed by atoms with E-state index in [2.05, 4.69) is 46.7 Å². The topological polar surface area (TPSA) is 95.6 Å². The van der Waals surface area contributed by atoms with Crippen molar-refractivity contribution in [3.63, 3.8) is 0 Å². The SMILES string of the molecule is O=C(NNc1ncnc2nc[nH]c12)c1ccc(Br)cc1. The van der Waals surface area contributed by atoms with E-state index < -0.39 is 0 Å². The second kappa shape index (κ2) is 5.25. The Morgan fingerprint density at radius 2 is 1.95 bits per heavy atom. The molecule has 3 N–H and O–H groups in total. The van der Waals surface area contributed by atoms with Crippen molar-refractivity contribution in [1.82, 2.24) is 25.4 Å². The fourth-order valence-corrected chi connectivity index (χ4v) is 1.91. The summed E-state index contributed by atoms with van der Waals surface area (Å²) in [4.78, 5) is 26.9. The molecule has 0 aliphatic heterocycles. The van der Waals surface area contributed by atoms with Crippen molar-refractivity contribution >= 4 is 38.8 Å². The average molecular weight is 333 g/mol. The standard InChI is InChI=1S/C12H9BrN6O/c13-8-3-1-7(2-4-8)12(20)19-18-11-9-10(15-5-14-9)16-6-17-11/h1-6H,(H,19,20)(H2,14,15,16,17,18). The van der Waals surface area contributed by atoms with Crippen molar-refractivity contribution in [2.45, 2.75) is 0 Å². The smallest absolute Gasteiger partial charge is 0.269 e. The molecule has 0 spiro atoms. The van der Waals surface area contributed by atoms with Gasteiger partial charge in [-0.2, -0.15) is 0 Å². The van der Waals surface area contributed by atoms with E-state index in [9.17, 15) is 4.79 Å². The number of aromatic amines is 1. The van der Waals surface area contributed by atoms with Gasteiger partial charge in [-0.15, -0.1) is 0 Å². The van der Waals surface area contributed by atoms with E-state index in [4.69, 9.17) is 0 Å². The van der Waals surface area contributed by atoms with E-state index in [1.807, 2.05) is 0 Å². The molecule has 0 fully saturated rings. The molecule has 20 heavy (non-hydrogen) atoms. The Morgan fingerprint density at radius 3 is 2.75 bits per heavy atom. The minimum Gasteiger partial charge on any atom is -0.340 e. The number of aromatic nitrogens is 4. The van der Waals surface area contributed by atoms with Gasteiger partial charge in [-0.3, -0.25) is 15.6 Å². The molecule has 3 rings (SSSR count). The maximum Gasteiger partial charge on any atom is 0.269 e. The number of fused-ring (bicyclic) bond motifs is 1. The van der Waals surface area contributed by atoms with E-state index in [0.29, 0.717) is 22.5 Å². The van der Waals surface area contributed by atoms with E-state index in [1.54, 1.807) is 24.3 Å². The first kappa shape index (κ1) is 12.5. The molecule has 2 aromatic heterocycles. The van der Waals surface area contributed by atoms with Crippen LogP contribution in [-0.4, -0.2) is 25.8 Å². The third-order valence-corrected chi connectivity index (χ3v) is 3.15. The molecule has 100 valence electrons. The van der Waals surface area contributed by atoms with Gasteiger partial charge in [0.25, 0.3) is 5.91 Å². The number of H-pyrrole nitrogens is 1. The van der Waals surface area contributed by atoms with Gasteiger partial charge < -0.3 is 4.98 Å². The lowest BCUT2D eigenvalue weighted by molar-refractivity contribution is 0.0962. The zero-order valence-electron chi connectivity index (χ0n) is 10.1. The minimum absolute atomic E-state index is 0.260. The first-order chi connectivity index (χ1) is 9.74. The number of benzene rings is 1. The number of imidazole rings is 1. The summed E-state index contributed by atoms with van der Waals surface area (Å²) in [5.41, 5.74) is 7.02. The van der Waals surface area contributed by atoms with Crippen molar-refractivity contribution in [2.75, 3.05) is 5.43 Å². The van der Waals surface area contributed by atoms with Gasteiger partial charge in [-0.05, 0) is 24.3 Å². The quantitative estimate of drug-likeness (QED) is 0.636. The second-order valence-corrected chi connectivity index (χ2v) is 4.83. The second-order valence-electron chi connectivity index (χ2n) is 3.91. The van der Waals surface area contributed by atoms with E-state index in [-0.39, 0.29) is 5.91 Å². The normalized spacial score (nSPS) is 10.4. The molecule has 3 aromatic rings. The molecular weight excluding hydrogens is 324 g/mol. The molecule has 0 radical (unpaired) electrons. The number of halogens is 1. The number of carbonyl (C=O) groups excluding carboxylic acids is 1. The Morgan fingerprint density at radius 1 is 1.15 bits per heavy atom. The van der Waals surface area contributed by atoms with Crippen LogP contribution >= 0.6 is 15.9 Å². The maximum absolute atomic E-state index is 11.9. The van der Waals surface area contributed by atoms with Gasteiger partial charge in [0, 0.05) is 10.0 Å². The molecule has 0 saturated carbocycles. The summed E-state index contributed by atoms with van der Waals surface area (Å²) in [5, 5.41) is 0. The first-order valence-electron chi connectivity index (χ1n) is 5.70. The fourth-order valence-electron chi connectivity index (χ4n) is 1.65. The summed E-state index contributed by atoms with van der Waals surface area (Å²) in [7, 11) is 0. The lowest BCUT2D eigenvalue weighted by Gasteiger charge is -2.08. The number of amides is 1. The maximum atomic E-state index is 11.9. The van der Waals surface area contributed by atoms with Crippen LogP contribution in [0.3, 0.4) is 0 Å². The van der Waals surface area contributed by atoms with Gasteiger partial charge >= 0.3 is 0 Å². The van der Waals surface area contributed by atoms with Crippen molar-refractivity contribution in [3.05, 3.63) is 47.0 Å². The third-order valence-electron chi connectivity index (χ3n) is 2.62. The zero-order valence-corrected chi connectivity index (χ0v) is 11.7. The highest BCUT2D eigenvalue weighted by atomic mass is 79.9. The van der Waals surface area contributed by atoms with Crippen LogP contribution in [-0.2, 0) is 0 Å². The Balaban J connectivity index is 1.74. The molecule has 1 amide bonds. The highest BCUT2D eigenvalue weighted by Crippen LogP contribution is 2.14. The van der Waals surface area contributed by atoms with Crippen LogP contribution in [0.15, 0.2) is 41.4 Å². The van der Waals surface area contributed by atoms with Crippen LogP contribution in [0.1, 0.15) is 10.4 Å². The van der Waals surface area contributed by atoms with Crippen molar-refractivity contribution in [1.29, 1.82) is 0 Å². The largest absolute Gasteiger partial charge is 0.340 e. The number of anilines is 1. The van der Waals surface area contributed by atoms with Gasteiger partial charge in [-0.25, -0.2) is 15.0 Å².